The van der Waals surface area contributed by atoms with Crippen LogP contribution < -0.4 is 0 Å². The Morgan fingerprint density at radius 3 is 2.47 bits per heavy atom. The molecule has 0 saturated carbocycles. The Labute approximate surface area is 186 Å². The van der Waals surface area contributed by atoms with E-state index in [1.54, 1.807) is 24.3 Å². The number of rotatable bonds is 4. The summed E-state index contributed by atoms with van der Waals surface area (Å²) < 4.78 is 71.3. The molecule has 2 aromatic carbocycles. The molecule has 2 heterocycles. The summed E-state index contributed by atoms with van der Waals surface area (Å²) in [4.78, 5) is 13.7. The minimum Gasteiger partial charge on any atom is -0.356 e. The number of fused-ring (bicyclic) bond motifs is 1. The van der Waals surface area contributed by atoms with Crippen molar-refractivity contribution in [3.8, 4) is 0 Å². The predicted octanol–water partition coefficient (Wildman–Crippen LogP) is 3.58. The topological polar surface area (TPSA) is 83.7 Å². The molecule has 1 amide bonds. The van der Waals surface area contributed by atoms with E-state index in [4.69, 9.17) is 16.1 Å². The second kappa shape index (κ2) is 8.38. The van der Waals surface area contributed by atoms with Crippen LogP contribution in [0.4, 0.5) is 13.2 Å². The number of piperazine rings is 1. The number of halogens is 4. The van der Waals surface area contributed by atoms with Crippen LogP contribution in [0.1, 0.15) is 11.3 Å². The van der Waals surface area contributed by atoms with Gasteiger partial charge in [-0.2, -0.15) is 17.5 Å². The number of carbonyl (C=O) groups is 1. The van der Waals surface area contributed by atoms with Crippen LogP contribution in [0.2, 0.25) is 5.02 Å². The van der Waals surface area contributed by atoms with Gasteiger partial charge in [-0.15, -0.1) is 0 Å². The van der Waals surface area contributed by atoms with Crippen molar-refractivity contribution in [3.63, 3.8) is 0 Å². The van der Waals surface area contributed by atoms with Crippen LogP contribution in [-0.2, 0) is 27.4 Å². The third-order valence-electron chi connectivity index (χ3n) is 5.24. The average Bonchev–Trinajstić information content (AvgIpc) is 3.16. The van der Waals surface area contributed by atoms with Gasteiger partial charge in [0.05, 0.1) is 21.9 Å². The lowest BCUT2D eigenvalue weighted by Gasteiger charge is -2.34. The summed E-state index contributed by atoms with van der Waals surface area (Å²) in [7, 11) is -4.18. The largest absolute Gasteiger partial charge is 0.417 e. The maximum absolute atomic E-state index is 13.1. The number of hydrogen-bond donors (Lipinski definition) is 0. The third-order valence-corrected chi connectivity index (χ3v) is 7.47. The van der Waals surface area contributed by atoms with Gasteiger partial charge in [-0.3, -0.25) is 4.79 Å². The molecule has 1 saturated heterocycles. The Morgan fingerprint density at radius 2 is 1.78 bits per heavy atom. The number of benzene rings is 2. The molecule has 0 atom stereocenters. The molecular formula is C20H17ClF3N3O4S. The van der Waals surface area contributed by atoms with E-state index in [2.05, 4.69) is 5.16 Å². The first-order chi connectivity index (χ1) is 15.1. The molecule has 4 rings (SSSR count). The normalized spacial score (nSPS) is 15.9. The number of alkyl halides is 3. The molecule has 0 aliphatic carbocycles. The van der Waals surface area contributed by atoms with Crippen molar-refractivity contribution < 1.29 is 30.9 Å². The molecule has 7 nitrogen and oxygen atoms in total. The fourth-order valence-electron chi connectivity index (χ4n) is 3.53. The van der Waals surface area contributed by atoms with E-state index in [-0.39, 0.29) is 38.5 Å². The minimum absolute atomic E-state index is 0.00408. The van der Waals surface area contributed by atoms with Gasteiger partial charge in [0.25, 0.3) is 0 Å². The van der Waals surface area contributed by atoms with E-state index in [1.165, 1.54) is 4.90 Å². The van der Waals surface area contributed by atoms with Crippen LogP contribution in [0.25, 0.3) is 11.0 Å². The van der Waals surface area contributed by atoms with Crippen LogP contribution in [0.3, 0.4) is 0 Å². The number of nitrogens with zero attached hydrogens (tertiary/aromatic N) is 3. The lowest BCUT2D eigenvalue weighted by molar-refractivity contribution is -0.137. The van der Waals surface area contributed by atoms with E-state index in [0.29, 0.717) is 17.3 Å². The summed E-state index contributed by atoms with van der Waals surface area (Å²) in [6.07, 6.45) is -4.78. The molecular weight excluding hydrogens is 471 g/mol. The molecule has 1 fully saturated rings. The maximum atomic E-state index is 13.1. The van der Waals surface area contributed by atoms with Crippen molar-refractivity contribution in [1.82, 2.24) is 14.4 Å². The highest BCUT2D eigenvalue weighted by Crippen LogP contribution is 2.36. The summed E-state index contributed by atoms with van der Waals surface area (Å²) in [5, 5.41) is 4.08. The second-order valence-electron chi connectivity index (χ2n) is 7.23. The first-order valence-electron chi connectivity index (χ1n) is 9.55. The second-order valence-corrected chi connectivity index (χ2v) is 9.57. The van der Waals surface area contributed by atoms with E-state index < -0.39 is 31.7 Å². The first kappa shape index (κ1) is 22.6. The van der Waals surface area contributed by atoms with Gasteiger partial charge in [-0.05, 0) is 30.3 Å². The zero-order valence-electron chi connectivity index (χ0n) is 16.5. The SMILES string of the molecule is O=C(Cc1noc2ccccc12)N1CCN(S(=O)(=O)c2ccc(Cl)c(C(F)(F)F)c2)CC1. The fourth-order valence-corrected chi connectivity index (χ4v) is 5.20. The molecule has 1 aliphatic rings. The van der Waals surface area contributed by atoms with E-state index in [1.807, 2.05) is 0 Å². The lowest BCUT2D eigenvalue weighted by atomic mass is 10.1. The molecule has 0 N–H and O–H groups in total. The number of para-hydroxylation sites is 1. The van der Waals surface area contributed by atoms with Gasteiger partial charge in [-0.25, -0.2) is 8.42 Å². The fraction of sp³-hybridized carbons (Fsp3) is 0.300. The number of aromatic nitrogens is 1. The van der Waals surface area contributed by atoms with Gasteiger partial charge in [0.1, 0.15) is 5.69 Å². The van der Waals surface area contributed by atoms with Crippen molar-refractivity contribution in [2.45, 2.75) is 17.5 Å². The molecule has 32 heavy (non-hydrogen) atoms. The van der Waals surface area contributed by atoms with Crippen molar-refractivity contribution >= 4 is 38.5 Å². The highest BCUT2D eigenvalue weighted by molar-refractivity contribution is 7.89. The van der Waals surface area contributed by atoms with Gasteiger partial charge in [-0.1, -0.05) is 28.9 Å². The molecule has 0 radical (unpaired) electrons. The van der Waals surface area contributed by atoms with Gasteiger partial charge < -0.3 is 9.42 Å². The Hall–Kier alpha value is -2.63. The van der Waals surface area contributed by atoms with Crippen LogP contribution in [0, 0.1) is 0 Å². The summed E-state index contributed by atoms with van der Waals surface area (Å²) >= 11 is 5.58. The number of carbonyl (C=O) groups excluding carboxylic acids is 1. The Balaban J connectivity index is 1.44. The Kier molecular flexibility index (Phi) is 5.91. The van der Waals surface area contributed by atoms with Crippen molar-refractivity contribution in [1.29, 1.82) is 0 Å². The summed E-state index contributed by atoms with van der Waals surface area (Å²) in [5.74, 6) is -0.244. The first-order valence-corrected chi connectivity index (χ1v) is 11.4. The number of amides is 1. The maximum Gasteiger partial charge on any atom is 0.417 e. The molecule has 0 spiro atoms. The zero-order valence-corrected chi connectivity index (χ0v) is 18.0. The van der Waals surface area contributed by atoms with Crippen molar-refractivity contribution in [2.75, 3.05) is 26.2 Å². The predicted molar refractivity (Wildman–Crippen MR) is 110 cm³/mol. The van der Waals surface area contributed by atoms with E-state index in [0.717, 1.165) is 21.8 Å². The molecule has 170 valence electrons. The smallest absolute Gasteiger partial charge is 0.356 e. The molecule has 12 heteroatoms. The average molecular weight is 488 g/mol. The highest BCUT2D eigenvalue weighted by Gasteiger charge is 2.36. The zero-order chi connectivity index (χ0) is 23.1. The standard InChI is InChI=1S/C20H17ClF3N3O4S/c21-16-6-5-13(11-15(16)20(22,23)24)32(29,30)27-9-7-26(8-10-27)19(28)12-17-14-3-1-2-4-18(14)31-25-17/h1-6,11H,7-10,12H2. The quantitative estimate of drug-likeness (QED) is 0.561. The van der Waals surface area contributed by atoms with Crippen molar-refractivity contribution in [2.24, 2.45) is 0 Å². The Morgan fingerprint density at radius 1 is 1.09 bits per heavy atom. The molecule has 3 aromatic rings. The Bertz CT molecular complexity index is 1270. The lowest BCUT2D eigenvalue weighted by Crippen LogP contribution is -2.50. The highest BCUT2D eigenvalue weighted by atomic mass is 35.5. The van der Waals surface area contributed by atoms with Gasteiger partial charge >= 0.3 is 6.18 Å². The molecule has 1 aromatic heterocycles. The number of hydrogen-bond acceptors (Lipinski definition) is 5. The van der Waals surface area contributed by atoms with E-state index in [9.17, 15) is 26.4 Å². The monoisotopic (exact) mass is 487 g/mol. The third kappa shape index (κ3) is 4.32. The summed E-state index contributed by atoms with van der Waals surface area (Å²) in [6, 6.07) is 9.61. The molecule has 0 bridgehead atoms. The molecule has 1 aliphatic heterocycles. The number of sulfonamides is 1. The summed E-state index contributed by atoms with van der Waals surface area (Å²) in [6.45, 7) is 0.121. The summed E-state index contributed by atoms with van der Waals surface area (Å²) in [5.41, 5.74) is -0.164. The minimum atomic E-state index is -4.78. The van der Waals surface area contributed by atoms with Gasteiger partial charge in [0.15, 0.2) is 5.58 Å². The van der Waals surface area contributed by atoms with Gasteiger partial charge in [0.2, 0.25) is 15.9 Å². The van der Waals surface area contributed by atoms with Crippen LogP contribution in [0.5, 0.6) is 0 Å². The van der Waals surface area contributed by atoms with Gasteiger partial charge in [0, 0.05) is 31.6 Å². The van der Waals surface area contributed by atoms with E-state index >= 15 is 0 Å². The van der Waals surface area contributed by atoms with Crippen LogP contribution in [-0.4, -0.2) is 54.9 Å². The van der Waals surface area contributed by atoms with Crippen LogP contribution in [0.15, 0.2) is 51.9 Å². The molecule has 0 unspecified atom stereocenters. The van der Waals surface area contributed by atoms with Crippen molar-refractivity contribution in [3.05, 3.63) is 58.7 Å². The van der Waals surface area contributed by atoms with Crippen LogP contribution >= 0.6 is 11.6 Å².